The third-order valence-corrected chi connectivity index (χ3v) is 3.67. The number of ketones is 1. The first-order chi connectivity index (χ1) is 10.0. The summed E-state index contributed by atoms with van der Waals surface area (Å²) >= 11 is 12.1. The van der Waals surface area contributed by atoms with E-state index in [0.717, 1.165) is 12.8 Å². The fraction of sp³-hybridized carbons (Fsp3) is 0.267. The van der Waals surface area contributed by atoms with Crippen molar-refractivity contribution in [3.05, 3.63) is 45.8 Å². The van der Waals surface area contributed by atoms with Crippen LogP contribution in [0, 0.1) is 0 Å². The first-order valence-corrected chi connectivity index (χ1v) is 7.31. The van der Waals surface area contributed by atoms with Gasteiger partial charge in [-0.15, -0.1) is 0 Å². The van der Waals surface area contributed by atoms with Crippen LogP contribution in [0.3, 0.4) is 0 Å². The average Bonchev–Trinajstić information content (AvgIpc) is 3.24. The SMILES string of the molecule is CC(=O)c1ccc(Oc2cc(Cl)nc(C3CC3)n2)c(Cl)c1. The van der Waals surface area contributed by atoms with Gasteiger partial charge in [0.25, 0.3) is 0 Å². The molecule has 4 nitrogen and oxygen atoms in total. The van der Waals surface area contributed by atoms with Crippen LogP contribution in [0.15, 0.2) is 24.3 Å². The minimum atomic E-state index is -0.0513. The molecule has 21 heavy (non-hydrogen) atoms. The summed E-state index contributed by atoms with van der Waals surface area (Å²) in [5.41, 5.74) is 0.534. The van der Waals surface area contributed by atoms with Gasteiger partial charge in [0, 0.05) is 17.5 Å². The molecule has 3 rings (SSSR count). The van der Waals surface area contributed by atoms with Gasteiger partial charge in [-0.25, -0.2) is 4.98 Å². The number of hydrogen-bond acceptors (Lipinski definition) is 4. The number of carbonyl (C=O) groups excluding carboxylic acids is 1. The van der Waals surface area contributed by atoms with E-state index in [1.54, 1.807) is 24.3 Å². The number of ether oxygens (including phenoxy) is 1. The van der Waals surface area contributed by atoms with Gasteiger partial charge in [-0.1, -0.05) is 23.2 Å². The lowest BCUT2D eigenvalue weighted by Gasteiger charge is -2.09. The van der Waals surface area contributed by atoms with Crippen molar-refractivity contribution in [3.8, 4) is 11.6 Å². The Morgan fingerprint density at radius 2 is 2.00 bits per heavy atom. The van der Waals surface area contributed by atoms with Crippen molar-refractivity contribution in [2.75, 3.05) is 0 Å². The zero-order valence-corrected chi connectivity index (χ0v) is 12.8. The molecule has 0 saturated heterocycles. The van der Waals surface area contributed by atoms with Crippen LogP contribution < -0.4 is 4.74 Å². The van der Waals surface area contributed by atoms with Crippen molar-refractivity contribution >= 4 is 29.0 Å². The van der Waals surface area contributed by atoms with Crippen LogP contribution in [0.1, 0.15) is 41.9 Å². The van der Waals surface area contributed by atoms with Crippen LogP contribution in [-0.4, -0.2) is 15.8 Å². The lowest BCUT2D eigenvalue weighted by Crippen LogP contribution is -1.97. The second-order valence-corrected chi connectivity index (χ2v) is 5.76. The van der Waals surface area contributed by atoms with E-state index in [1.807, 2.05) is 0 Å². The molecule has 0 amide bonds. The van der Waals surface area contributed by atoms with E-state index in [1.165, 1.54) is 6.92 Å². The number of Topliss-reactive ketones (excluding diaryl/α,β-unsaturated/α-hetero) is 1. The highest BCUT2D eigenvalue weighted by atomic mass is 35.5. The monoisotopic (exact) mass is 322 g/mol. The van der Waals surface area contributed by atoms with Crippen molar-refractivity contribution in [2.24, 2.45) is 0 Å². The van der Waals surface area contributed by atoms with Gasteiger partial charge in [-0.3, -0.25) is 4.79 Å². The van der Waals surface area contributed by atoms with Gasteiger partial charge in [0.1, 0.15) is 16.7 Å². The molecule has 2 aromatic rings. The highest BCUT2D eigenvalue weighted by Gasteiger charge is 2.27. The summed E-state index contributed by atoms with van der Waals surface area (Å²) in [6, 6.07) is 6.42. The molecule has 0 unspecified atom stereocenters. The van der Waals surface area contributed by atoms with Gasteiger partial charge in [0.2, 0.25) is 5.88 Å². The Bertz CT molecular complexity index is 715. The quantitative estimate of drug-likeness (QED) is 0.607. The van der Waals surface area contributed by atoms with E-state index in [-0.39, 0.29) is 5.78 Å². The Hall–Kier alpha value is -1.65. The molecular formula is C15H12Cl2N2O2. The van der Waals surface area contributed by atoms with Gasteiger partial charge in [0.15, 0.2) is 5.78 Å². The standard InChI is InChI=1S/C15H12Cl2N2O2/c1-8(20)10-4-5-12(11(16)6-10)21-14-7-13(17)18-15(19-14)9-2-3-9/h4-7,9H,2-3H2,1H3. The van der Waals surface area contributed by atoms with Gasteiger partial charge in [-0.2, -0.15) is 4.98 Å². The smallest absolute Gasteiger partial charge is 0.224 e. The van der Waals surface area contributed by atoms with Gasteiger partial charge in [-0.05, 0) is 38.0 Å². The first kappa shape index (κ1) is 14.3. The fourth-order valence-corrected chi connectivity index (χ4v) is 2.30. The van der Waals surface area contributed by atoms with Gasteiger partial charge < -0.3 is 4.74 Å². The van der Waals surface area contributed by atoms with Gasteiger partial charge in [0.05, 0.1) is 5.02 Å². The average molecular weight is 323 g/mol. The van der Waals surface area contributed by atoms with Crippen LogP contribution in [0.5, 0.6) is 11.6 Å². The van der Waals surface area contributed by atoms with Crippen LogP contribution in [-0.2, 0) is 0 Å². The van der Waals surface area contributed by atoms with E-state index in [0.29, 0.717) is 39.1 Å². The highest BCUT2D eigenvalue weighted by molar-refractivity contribution is 6.32. The predicted octanol–water partition coefficient (Wildman–Crippen LogP) is 4.66. The molecule has 0 atom stereocenters. The fourth-order valence-electron chi connectivity index (χ4n) is 1.91. The maximum absolute atomic E-state index is 11.3. The Balaban J connectivity index is 1.88. The summed E-state index contributed by atoms with van der Waals surface area (Å²) in [4.78, 5) is 19.8. The van der Waals surface area contributed by atoms with Crippen molar-refractivity contribution in [2.45, 2.75) is 25.7 Å². The Labute approximate surface area is 132 Å². The molecule has 0 radical (unpaired) electrons. The molecule has 1 aliphatic carbocycles. The van der Waals surface area contributed by atoms with Crippen LogP contribution in [0.2, 0.25) is 10.2 Å². The minimum absolute atomic E-state index is 0.0513. The summed E-state index contributed by atoms with van der Waals surface area (Å²) in [6.45, 7) is 1.48. The molecule has 1 heterocycles. The van der Waals surface area contributed by atoms with Crippen molar-refractivity contribution in [1.29, 1.82) is 0 Å². The van der Waals surface area contributed by atoms with Crippen molar-refractivity contribution in [1.82, 2.24) is 9.97 Å². The summed E-state index contributed by atoms with van der Waals surface area (Å²) in [5, 5.41) is 0.698. The van der Waals surface area contributed by atoms with E-state index < -0.39 is 0 Å². The summed E-state index contributed by atoms with van der Waals surface area (Å²) < 4.78 is 5.66. The highest BCUT2D eigenvalue weighted by Crippen LogP contribution is 2.39. The maximum atomic E-state index is 11.3. The van der Waals surface area contributed by atoms with Crippen LogP contribution >= 0.6 is 23.2 Å². The number of hydrogen-bond donors (Lipinski definition) is 0. The first-order valence-electron chi connectivity index (χ1n) is 6.56. The summed E-state index contributed by atoms with van der Waals surface area (Å²) in [5.74, 6) is 1.81. The van der Waals surface area contributed by atoms with Gasteiger partial charge >= 0.3 is 0 Å². The number of carbonyl (C=O) groups is 1. The van der Waals surface area contributed by atoms with E-state index in [2.05, 4.69) is 9.97 Å². The normalized spacial score (nSPS) is 14.0. The molecule has 108 valence electrons. The number of nitrogens with zero attached hydrogens (tertiary/aromatic N) is 2. The van der Waals surface area contributed by atoms with Crippen LogP contribution in [0.25, 0.3) is 0 Å². The number of aromatic nitrogens is 2. The maximum Gasteiger partial charge on any atom is 0.224 e. The minimum Gasteiger partial charge on any atom is -0.437 e. The van der Waals surface area contributed by atoms with E-state index in [9.17, 15) is 4.79 Å². The third kappa shape index (κ3) is 3.34. The zero-order chi connectivity index (χ0) is 15.0. The van der Waals surface area contributed by atoms with Crippen LogP contribution in [0.4, 0.5) is 0 Å². The molecule has 0 bridgehead atoms. The molecule has 1 aliphatic rings. The second kappa shape index (κ2) is 5.62. The van der Waals surface area contributed by atoms with E-state index in [4.69, 9.17) is 27.9 Å². The third-order valence-electron chi connectivity index (χ3n) is 3.18. The number of rotatable bonds is 4. The molecule has 0 N–H and O–H groups in total. The molecule has 1 saturated carbocycles. The lowest BCUT2D eigenvalue weighted by molar-refractivity contribution is 0.101. The largest absolute Gasteiger partial charge is 0.437 e. The molecular weight excluding hydrogens is 311 g/mol. The van der Waals surface area contributed by atoms with Crippen molar-refractivity contribution in [3.63, 3.8) is 0 Å². The molecule has 0 aliphatic heterocycles. The molecule has 1 aromatic heterocycles. The summed E-state index contributed by atoms with van der Waals surface area (Å²) in [7, 11) is 0. The number of benzene rings is 1. The Morgan fingerprint density at radius 3 is 2.62 bits per heavy atom. The molecule has 6 heteroatoms. The second-order valence-electron chi connectivity index (χ2n) is 4.96. The zero-order valence-electron chi connectivity index (χ0n) is 11.3. The van der Waals surface area contributed by atoms with Crippen molar-refractivity contribution < 1.29 is 9.53 Å². The Morgan fingerprint density at radius 1 is 1.24 bits per heavy atom. The molecule has 1 aromatic carbocycles. The van der Waals surface area contributed by atoms with E-state index >= 15 is 0 Å². The topological polar surface area (TPSA) is 52.1 Å². The lowest BCUT2D eigenvalue weighted by atomic mass is 10.1. The summed E-state index contributed by atoms with van der Waals surface area (Å²) in [6.07, 6.45) is 2.15. The molecule has 0 spiro atoms. The molecule has 1 fully saturated rings. The Kier molecular flexibility index (Phi) is 3.83. The number of halogens is 2. The predicted molar refractivity (Wildman–Crippen MR) is 80.5 cm³/mol.